The molecular formula is C14H19N7O. The predicted octanol–water partition coefficient (Wildman–Crippen LogP) is 0.661. The van der Waals surface area contributed by atoms with Crippen LogP contribution in [0.4, 0.5) is 16.6 Å². The molecule has 0 aliphatic carbocycles. The van der Waals surface area contributed by atoms with Gasteiger partial charge in [0, 0.05) is 31.9 Å². The van der Waals surface area contributed by atoms with Crippen LogP contribution < -0.4 is 16.4 Å². The summed E-state index contributed by atoms with van der Waals surface area (Å²) in [4.78, 5) is 26.3. The summed E-state index contributed by atoms with van der Waals surface area (Å²) in [5.41, 5.74) is 8.51. The minimum absolute atomic E-state index is 0.0336. The van der Waals surface area contributed by atoms with Gasteiger partial charge in [-0.2, -0.15) is 9.97 Å². The molecule has 1 saturated heterocycles. The minimum atomic E-state index is -0.0336. The Morgan fingerprint density at radius 1 is 1.36 bits per heavy atom. The Labute approximate surface area is 128 Å². The number of pyridine rings is 1. The molecule has 1 fully saturated rings. The van der Waals surface area contributed by atoms with Gasteiger partial charge >= 0.3 is 6.03 Å². The zero-order valence-electron chi connectivity index (χ0n) is 12.7. The van der Waals surface area contributed by atoms with E-state index in [1.54, 1.807) is 4.90 Å². The number of nitrogens with two attached hydrogens (primary N) is 1. The smallest absolute Gasteiger partial charge is 0.317 e. The summed E-state index contributed by atoms with van der Waals surface area (Å²) < 4.78 is 0. The van der Waals surface area contributed by atoms with Crippen molar-refractivity contribution >= 4 is 28.8 Å². The van der Waals surface area contributed by atoms with E-state index in [1.165, 1.54) is 0 Å². The maximum Gasteiger partial charge on any atom is 0.317 e. The highest BCUT2D eigenvalue weighted by Crippen LogP contribution is 2.22. The van der Waals surface area contributed by atoms with E-state index in [-0.39, 0.29) is 6.03 Å². The van der Waals surface area contributed by atoms with E-state index in [0.29, 0.717) is 37.0 Å². The van der Waals surface area contributed by atoms with E-state index in [9.17, 15) is 4.79 Å². The zero-order chi connectivity index (χ0) is 15.7. The first kappa shape index (κ1) is 14.3. The van der Waals surface area contributed by atoms with Gasteiger partial charge in [-0.15, -0.1) is 0 Å². The van der Waals surface area contributed by atoms with Crippen molar-refractivity contribution in [2.24, 2.45) is 0 Å². The second-order valence-electron chi connectivity index (χ2n) is 5.36. The highest BCUT2D eigenvalue weighted by atomic mass is 16.2. The molecule has 0 saturated carbocycles. The van der Waals surface area contributed by atoms with Crippen molar-refractivity contribution in [1.82, 2.24) is 25.2 Å². The van der Waals surface area contributed by atoms with E-state index in [2.05, 4.69) is 25.6 Å². The van der Waals surface area contributed by atoms with Crippen molar-refractivity contribution in [2.75, 3.05) is 37.2 Å². The molecule has 8 nitrogen and oxygen atoms in total. The topological polar surface area (TPSA) is 109 Å². The summed E-state index contributed by atoms with van der Waals surface area (Å²) in [6, 6.07) is 1.93. The number of hydrogen-bond acceptors (Lipinski definition) is 6. The fourth-order valence-corrected chi connectivity index (χ4v) is 2.62. The molecule has 0 radical (unpaired) electrons. The molecule has 116 valence electrons. The molecule has 0 atom stereocenters. The second-order valence-corrected chi connectivity index (χ2v) is 5.36. The van der Waals surface area contributed by atoms with Crippen LogP contribution in [0.15, 0.2) is 6.07 Å². The molecule has 0 unspecified atom stereocenters. The molecule has 2 amide bonds. The van der Waals surface area contributed by atoms with Crippen LogP contribution in [-0.2, 0) is 0 Å². The molecule has 1 aliphatic heterocycles. The van der Waals surface area contributed by atoms with Crippen LogP contribution in [0.2, 0.25) is 0 Å². The maximum atomic E-state index is 11.4. The SMILES string of the molecule is Cc1cc(C)c2c(N)nc(NCCN3CCNC3=O)nc2n1. The monoisotopic (exact) mass is 301 g/mol. The van der Waals surface area contributed by atoms with Gasteiger partial charge in [-0.05, 0) is 25.5 Å². The lowest BCUT2D eigenvalue weighted by Gasteiger charge is -2.14. The van der Waals surface area contributed by atoms with Crippen molar-refractivity contribution in [3.8, 4) is 0 Å². The number of rotatable bonds is 4. The number of nitrogens with one attached hydrogen (secondary N) is 2. The Hall–Kier alpha value is -2.64. The summed E-state index contributed by atoms with van der Waals surface area (Å²) in [7, 11) is 0. The van der Waals surface area contributed by atoms with Gasteiger partial charge in [0.1, 0.15) is 5.82 Å². The molecule has 1 aliphatic rings. The van der Waals surface area contributed by atoms with Crippen LogP contribution in [0.3, 0.4) is 0 Å². The number of aryl methyl sites for hydroxylation is 2. The first-order chi connectivity index (χ1) is 10.5. The first-order valence-electron chi connectivity index (χ1n) is 7.22. The number of anilines is 2. The number of aromatic nitrogens is 3. The average molecular weight is 301 g/mol. The summed E-state index contributed by atoms with van der Waals surface area (Å²) in [5.74, 6) is 0.846. The first-order valence-corrected chi connectivity index (χ1v) is 7.22. The summed E-state index contributed by atoms with van der Waals surface area (Å²) in [6.45, 7) is 6.46. The standard InChI is InChI=1S/C14H19N7O/c1-8-7-9(2)18-12-10(8)11(15)19-13(20-12)16-3-5-21-6-4-17-14(21)22/h7H,3-6H2,1-2H3,(H,17,22)(H3,15,16,18,19,20). The van der Waals surface area contributed by atoms with Crippen molar-refractivity contribution < 1.29 is 4.79 Å². The van der Waals surface area contributed by atoms with Gasteiger partial charge in [-0.1, -0.05) is 0 Å². The normalized spacial score (nSPS) is 14.5. The zero-order valence-corrected chi connectivity index (χ0v) is 12.7. The van der Waals surface area contributed by atoms with Crippen LogP contribution >= 0.6 is 0 Å². The van der Waals surface area contributed by atoms with Crippen molar-refractivity contribution in [2.45, 2.75) is 13.8 Å². The van der Waals surface area contributed by atoms with Crippen LogP contribution in [-0.4, -0.2) is 52.1 Å². The number of carbonyl (C=O) groups is 1. The average Bonchev–Trinajstić information content (AvgIpc) is 2.83. The number of carbonyl (C=O) groups excluding carboxylic acids is 1. The number of nitrogen functional groups attached to an aromatic ring is 1. The summed E-state index contributed by atoms with van der Waals surface area (Å²) in [6.07, 6.45) is 0. The molecule has 22 heavy (non-hydrogen) atoms. The van der Waals surface area contributed by atoms with Gasteiger partial charge in [0.2, 0.25) is 5.95 Å². The molecule has 0 aromatic carbocycles. The van der Waals surface area contributed by atoms with Gasteiger partial charge in [0.25, 0.3) is 0 Å². The Morgan fingerprint density at radius 2 is 2.18 bits per heavy atom. The Balaban J connectivity index is 1.75. The molecule has 3 rings (SSSR count). The Morgan fingerprint density at radius 3 is 2.91 bits per heavy atom. The largest absolute Gasteiger partial charge is 0.383 e. The molecule has 3 heterocycles. The van der Waals surface area contributed by atoms with Crippen LogP contribution in [0, 0.1) is 13.8 Å². The third-order valence-electron chi connectivity index (χ3n) is 3.63. The highest BCUT2D eigenvalue weighted by molar-refractivity contribution is 5.89. The highest BCUT2D eigenvalue weighted by Gasteiger charge is 2.18. The molecule has 2 aromatic heterocycles. The Bertz CT molecular complexity index is 731. The Kier molecular flexibility index (Phi) is 3.66. The van der Waals surface area contributed by atoms with Gasteiger partial charge in [-0.3, -0.25) is 0 Å². The van der Waals surface area contributed by atoms with Crippen LogP contribution in [0.25, 0.3) is 11.0 Å². The molecule has 8 heteroatoms. The lowest BCUT2D eigenvalue weighted by Crippen LogP contribution is -2.32. The van der Waals surface area contributed by atoms with Crippen LogP contribution in [0.5, 0.6) is 0 Å². The van der Waals surface area contributed by atoms with E-state index in [0.717, 1.165) is 23.2 Å². The summed E-state index contributed by atoms with van der Waals surface area (Å²) >= 11 is 0. The number of fused-ring (bicyclic) bond motifs is 1. The molecule has 0 spiro atoms. The van der Waals surface area contributed by atoms with E-state index in [4.69, 9.17) is 5.73 Å². The predicted molar refractivity (Wildman–Crippen MR) is 84.7 cm³/mol. The lowest BCUT2D eigenvalue weighted by molar-refractivity contribution is 0.219. The van der Waals surface area contributed by atoms with E-state index >= 15 is 0 Å². The number of nitrogens with zero attached hydrogens (tertiary/aromatic N) is 4. The van der Waals surface area contributed by atoms with Gasteiger partial charge < -0.3 is 21.3 Å². The van der Waals surface area contributed by atoms with Gasteiger partial charge in [0.15, 0.2) is 5.65 Å². The molecule has 0 bridgehead atoms. The molecular weight excluding hydrogens is 282 g/mol. The lowest BCUT2D eigenvalue weighted by atomic mass is 10.1. The number of hydrogen-bond donors (Lipinski definition) is 3. The summed E-state index contributed by atoms with van der Waals surface area (Å²) in [5, 5.41) is 6.65. The van der Waals surface area contributed by atoms with Gasteiger partial charge in [0.05, 0.1) is 5.39 Å². The van der Waals surface area contributed by atoms with Crippen molar-refractivity contribution in [3.63, 3.8) is 0 Å². The fourth-order valence-electron chi connectivity index (χ4n) is 2.62. The number of urea groups is 1. The minimum Gasteiger partial charge on any atom is -0.383 e. The van der Waals surface area contributed by atoms with E-state index in [1.807, 2.05) is 19.9 Å². The third-order valence-corrected chi connectivity index (χ3v) is 3.63. The molecule has 2 aromatic rings. The van der Waals surface area contributed by atoms with Gasteiger partial charge in [-0.25, -0.2) is 9.78 Å². The molecule has 4 N–H and O–H groups in total. The second kappa shape index (κ2) is 5.63. The quantitative estimate of drug-likeness (QED) is 0.765. The van der Waals surface area contributed by atoms with E-state index < -0.39 is 0 Å². The van der Waals surface area contributed by atoms with Crippen molar-refractivity contribution in [1.29, 1.82) is 0 Å². The van der Waals surface area contributed by atoms with Crippen molar-refractivity contribution in [3.05, 3.63) is 17.3 Å². The van der Waals surface area contributed by atoms with Crippen LogP contribution in [0.1, 0.15) is 11.3 Å². The number of amides is 2. The maximum absolute atomic E-state index is 11.4. The third kappa shape index (κ3) is 2.72. The fraction of sp³-hybridized carbons (Fsp3) is 0.429.